The number of methoxy groups -OCH3 is 2. The third-order valence-electron chi connectivity index (χ3n) is 3.30. The lowest BCUT2D eigenvalue weighted by Crippen LogP contribution is -2.22. The maximum Gasteiger partial charge on any atom is 0.161 e. The molecule has 104 valence electrons. The van der Waals surface area contributed by atoms with E-state index >= 15 is 0 Å². The van der Waals surface area contributed by atoms with E-state index in [2.05, 4.69) is 10.3 Å². The van der Waals surface area contributed by atoms with Crippen LogP contribution in [-0.4, -0.2) is 19.2 Å². The highest BCUT2D eigenvalue weighted by molar-refractivity contribution is 7.99. The van der Waals surface area contributed by atoms with E-state index in [1.165, 1.54) is 16.0 Å². The fraction of sp³-hybridized carbons (Fsp3) is 0.267. The minimum atomic E-state index is 0.239. The van der Waals surface area contributed by atoms with Crippen molar-refractivity contribution in [3.05, 3.63) is 47.8 Å². The van der Waals surface area contributed by atoms with Gasteiger partial charge in [0.15, 0.2) is 11.5 Å². The second kappa shape index (κ2) is 5.73. The molecule has 0 bridgehead atoms. The number of fused-ring (bicyclic) bond motifs is 1. The van der Waals surface area contributed by atoms with Crippen LogP contribution in [0.3, 0.4) is 0 Å². The van der Waals surface area contributed by atoms with Gasteiger partial charge in [0, 0.05) is 23.8 Å². The van der Waals surface area contributed by atoms with E-state index in [1.807, 2.05) is 36.7 Å². The van der Waals surface area contributed by atoms with Crippen molar-refractivity contribution in [3.63, 3.8) is 0 Å². The highest BCUT2D eigenvalue weighted by Gasteiger charge is 2.22. The maximum atomic E-state index is 5.37. The monoisotopic (exact) mass is 288 g/mol. The van der Waals surface area contributed by atoms with Gasteiger partial charge in [0.2, 0.25) is 0 Å². The van der Waals surface area contributed by atoms with Crippen molar-refractivity contribution in [2.24, 2.45) is 0 Å². The van der Waals surface area contributed by atoms with Crippen LogP contribution in [0.5, 0.6) is 11.5 Å². The van der Waals surface area contributed by atoms with Crippen LogP contribution >= 0.6 is 11.8 Å². The van der Waals surface area contributed by atoms with Crippen LogP contribution in [0.25, 0.3) is 0 Å². The summed E-state index contributed by atoms with van der Waals surface area (Å²) in [5.41, 5.74) is 2.46. The van der Waals surface area contributed by atoms with E-state index in [0.29, 0.717) is 0 Å². The Morgan fingerprint density at radius 2 is 1.85 bits per heavy atom. The summed E-state index contributed by atoms with van der Waals surface area (Å²) in [6, 6.07) is 8.16. The summed E-state index contributed by atoms with van der Waals surface area (Å²) in [5.74, 6) is 1.55. The summed E-state index contributed by atoms with van der Waals surface area (Å²) in [6.45, 7) is 0.815. The van der Waals surface area contributed by atoms with Gasteiger partial charge in [-0.2, -0.15) is 0 Å². The molecule has 1 aromatic carbocycles. The molecule has 5 heteroatoms. The number of aromatic nitrogens is 1. The molecule has 1 atom stereocenters. The standard InChI is InChI=1S/C15H16N2O2S/c1-18-12-7-11-9-17-15(10-3-5-16-6-4-10)20-14(11)8-13(12)19-2/h3-8,15,17H,9H2,1-2H3. The Morgan fingerprint density at radius 1 is 1.15 bits per heavy atom. The third-order valence-corrected chi connectivity index (χ3v) is 4.61. The number of ether oxygens (including phenoxy) is 2. The van der Waals surface area contributed by atoms with E-state index in [1.54, 1.807) is 26.0 Å². The third kappa shape index (κ3) is 2.46. The summed E-state index contributed by atoms with van der Waals surface area (Å²) in [5, 5.41) is 3.76. The zero-order valence-corrected chi connectivity index (χ0v) is 12.2. The number of rotatable bonds is 3. The maximum absolute atomic E-state index is 5.37. The van der Waals surface area contributed by atoms with Crippen molar-refractivity contribution < 1.29 is 9.47 Å². The summed E-state index contributed by atoms with van der Waals surface area (Å²) in [7, 11) is 3.32. The topological polar surface area (TPSA) is 43.4 Å². The molecule has 20 heavy (non-hydrogen) atoms. The van der Waals surface area contributed by atoms with Crippen LogP contribution in [0.1, 0.15) is 16.5 Å². The first-order valence-corrected chi connectivity index (χ1v) is 7.24. The molecular formula is C15H16N2O2S. The van der Waals surface area contributed by atoms with E-state index < -0.39 is 0 Å². The molecule has 0 aliphatic carbocycles. The first-order valence-electron chi connectivity index (χ1n) is 6.36. The predicted molar refractivity (Wildman–Crippen MR) is 79.2 cm³/mol. The van der Waals surface area contributed by atoms with Gasteiger partial charge >= 0.3 is 0 Å². The largest absolute Gasteiger partial charge is 0.493 e. The first-order chi connectivity index (χ1) is 9.81. The molecule has 1 N–H and O–H groups in total. The van der Waals surface area contributed by atoms with E-state index in [4.69, 9.17) is 9.47 Å². The van der Waals surface area contributed by atoms with Crippen molar-refractivity contribution in [2.45, 2.75) is 16.8 Å². The quantitative estimate of drug-likeness (QED) is 0.940. The lowest BCUT2D eigenvalue weighted by molar-refractivity contribution is 0.353. The van der Waals surface area contributed by atoms with Crippen molar-refractivity contribution >= 4 is 11.8 Å². The number of nitrogens with one attached hydrogen (secondary N) is 1. The average Bonchev–Trinajstić information content (AvgIpc) is 2.53. The van der Waals surface area contributed by atoms with Crippen molar-refractivity contribution in [3.8, 4) is 11.5 Å². The van der Waals surface area contributed by atoms with Crippen molar-refractivity contribution in [1.29, 1.82) is 0 Å². The van der Waals surface area contributed by atoms with Gasteiger partial charge in [-0.25, -0.2) is 0 Å². The smallest absolute Gasteiger partial charge is 0.161 e. The van der Waals surface area contributed by atoms with E-state index in [-0.39, 0.29) is 5.37 Å². The molecule has 2 aromatic rings. The molecule has 2 heterocycles. The van der Waals surface area contributed by atoms with Gasteiger partial charge in [-0.3, -0.25) is 10.3 Å². The van der Waals surface area contributed by atoms with Crippen LogP contribution in [0.15, 0.2) is 41.6 Å². The highest BCUT2D eigenvalue weighted by atomic mass is 32.2. The molecule has 0 saturated heterocycles. The molecule has 0 amide bonds. The molecule has 3 rings (SSSR count). The Hall–Kier alpha value is -1.72. The Bertz CT molecular complexity index is 604. The molecule has 1 aromatic heterocycles. The SMILES string of the molecule is COc1cc2c(cc1OC)SC(c1ccncc1)NC2. The second-order valence-electron chi connectivity index (χ2n) is 4.47. The van der Waals surface area contributed by atoms with Gasteiger partial charge in [0.1, 0.15) is 0 Å². The number of thioether (sulfide) groups is 1. The van der Waals surface area contributed by atoms with Gasteiger partial charge in [0.05, 0.1) is 19.6 Å². The van der Waals surface area contributed by atoms with Crippen molar-refractivity contribution in [2.75, 3.05) is 14.2 Å². The fourth-order valence-corrected chi connectivity index (χ4v) is 3.42. The molecule has 1 aliphatic heterocycles. The summed E-state index contributed by atoms with van der Waals surface area (Å²) < 4.78 is 10.7. The Kier molecular flexibility index (Phi) is 3.80. The molecule has 0 fully saturated rings. The van der Waals surface area contributed by atoms with Gasteiger partial charge in [-0.15, -0.1) is 11.8 Å². The second-order valence-corrected chi connectivity index (χ2v) is 5.62. The van der Waals surface area contributed by atoms with Crippen LogP contribution in [0.2, 0.25) is 0 Å². The summed E-state index contributed by atoms with van der Waals surface area (Å²) >= 11 is 1.78. The Labute approximate surface area is 122 Å². The van der Waals surface area contributed by atoms with E-state index in [9.17, 15) is 0 Å². The molecule has 0 saturated carbocycles. The van der Waals surface area contributed by atoms with Gasteiger partial charge in [0.25, 0.3) is 0 Å². The van der Waals surface area contributed by atoms with Gasteiger partial charge in [-0.1, -0.05) is 0 Å². The van der Waals surface area contributed by atoms with Crippen LogP contribution in [0.4, 0.5) is 0 Å². The number of benzene rings is 1. The predicted octanol–water partition coefficient (Wildman–Crippen LogP) is 2.99. The zero-order chi connectivity index (χ0) is 13.9. The summed E-state index contributed by atoms with van der Waals surface area (Å²) in [6.07, 6.45) is 3.64. The first kappa shape index (κ1) is 13.3. The molecule has 0 radical (unpaired) electrons. The normalized spacial score (nSPS) is 17.4. The van der Waals surface area contributed by atoms with Crippen LogP contribution in [-0.2, 0) is 6.54 Å². The fourth-order valence-electron chi connectivity index (χ4n) is 2.25. The molecular weight excluding hydrogens is 272 g/mol. The van der Waals surface area contributed by atoms with Gasteiger partial charge in [-0.05, 0) is 35.4 Å². The zero-order valence-electron chi connectivity index (χ0n) is 11.4. The minimum absolute atomic E-state index is 0.239. The molecule has 1 aliphatic rings. The summed E-state index contributed by atoms with van der Waals surface area (Å²) in [4.78, 5) is 5.29. The lowest BCUT2D eigenvalue weighted by Gasteiger charge is -2.26. The number of hydrogen-bond donors (Lipinski definition) is 1. The average molecular weight is 288 g/mol. The van der Waals surface area contributed by atoms with Crippen LogP contribution in [0, 0.1) is 0 Å². The minimum Gasteiger partial charge on any atom is -0.493 e. The number of hydrogen-bond acceptors (Lipinski definition) is 5. The highest BCUT2D eigenvalue weighted by Crippen LogP contribution is 2.43. The number of pyridine rings is 1. The van der Waals surface area contributed by atoms with Crippen molar-refractivity contribution in [1.82, 2.24) is 10.3 Å². The van der Waals surface area contributed by atoms with E-state index in [0.717, 1.165) is 18.0 Å². The molecule has 0 spiro atoms. The molecule has 1 unspecified atom stereocenters. The lowest BCUT2D eigenvalue weighted by atomic mass is 10.1. The Morgan fingerprint density at radius 3 is 2.55 bits per heavy atom. The van der Waals surface area contributed by atoms with Crippen LogP contribution < -0.4 is 14.8 Å². The van der Waals surface area contributed by atoms with Gasteiger partial charge < -0.3 is 9.47 Å². The Balaban J connectivity index is 1.91. The molecule has 4 nitrogen and oxygen atoms in total. The number of nitrogens with zero attached hydrogens (tertiary/aromatic N) is 1.